The van der Waals surface area contributed by atoms with Crippen molar-refractivity contribution in [3.05, 3.63) is 196 Å². The fraction of sp³-hybridized carbons (Fsp3) is 0.415. The average molecular weight is 1570 g/mol. The van der Waals surface area contributed by atoms with Crippen molar-refractivity contribution < 1.29 is 62.1 Å². The summed E-state index contributed by atoms with van der Waals surface area (Å²) >= 11 is 0. The highest BCUT2D eigenvalue weighted by Gasteiger charge is 2.57. The summed E-state index contributed by atoms with van der Waals surface area (Å²) in [7, 11) is 3.21. The first-order chi connectivity index (χ1) is 54.9. The number of carboxylic acid groups (broad SMARTS) is 1. The first-order valence-corrected chi connectivity index (χ1v) is 38.2. The average Bonchev–Trinajstić information content (AvgIpc) is 1.59. The molecule has 6 aliphatic heterocycles. The zero-order valence-electron chi connectivity index (χ0n) is 65.6. The maximum Gasteiger partial charge on any atom is 0.434 e. The summed E-state index contributed by atoms with van der Waals surface area (Å²) in [5.74, 6) is -7.37. The highest BCUT2D eigenvalue weighted by atomic mass is 16.5. The Kier molecular flexibility index (Phi) is 24.8. The lowest BCUT2D eigenvalue weighted by Gasteiger charge is -2.39. The minimum absolute atomic E-state index is 0.00861. The quantitative estimate of drug-likeness (QED) is 0.0645. The third kappa shape index (κ3) is 18.9. The molecule has 3 aromatic heterocycles. The van der Waals surface area contributed by atoms with Crippen molar-refractivity contribution in [2.75, 3.05) is 27.2 Å². The van der Waals surface area contributed by atoms with Crippen LogP contribution in [-0.4, -0.2) is 196 Å². The number of nitrogens with zero attached hydrogens (tertiary/aromatic N) is 9. The second-order valence-corrected chi connectivity index (χ2v) is 31.7. The summed E-state index contributed by atoms with van der Waals surface area (Å²) in [5, 5.41) is 71.0. The van der Waals surface area contributed by atoms with Crippen molar-refractivity contribution in [1.82, 2.24) is 92.5 Å². The number of likely N-dealkylation sites (N-methyl/N-ethyl adjacent to an activating group) is 2. The summed E-state index contributed by atoms with van der Waals surface area (Å²) in [6.45, 7) is 13.4. The van der Waals surface area contributed by atoms with Crippen LogP contribution in [0.2, 0.25) is 0 Å². The molecule has 15 rings (SSSR count). The van der Waals surface area contributed by atoms with Crippen LogP contribution < -0.4 is 57.8 Å². The van der Waals surface area contributed by atoms with E-state index < -0.39 is 142 Å². The third-order valence-electron chi connectivity index (χ3n) is 21.5. The SMILES string of the molecule is CNC(C)C(=O)NC(C(=O)N1CCC2C1C(=O)NC(Cc1ccc3ccccc3c1)C(=O)NC(C(=O)O)Cc1ccc(cc1)OCc1cn(nn1)C1(C=N)CCN(C(=O)C(NC(=O)C(C)NC)C(C)(C)C)C1C(=O)NC(Cc1ccc3ccccc3c1)C(=O)NC(c1n[nH]c(=O)o1)Cc1ccc(cc1)OCc1cn2nn1)C(C)(C)C. The number of likely N-dealkylation sites (tertiary alicyclic amines) is 2. The van der Waals surface area contributed by atoms with Crippen LogP contribution in [-0.2, 0) is 87.6 Å². The van der Waals surface area contributed by atoms with Gasteiger partial charge < -0.3 is 76.7 Å². The number of carbonyl (C=O) groups excluding carboxylic acids is 8. The highest BCUT2D eigenvalue weighted by Crippen LogP contribution is 2.38. The molecule has 0 spiro atoms. The van der Waals surface area contributed by atoms with Crippen molar-refractivity contribution in [2.45, 2.75) is 179 Å². The molecule has 9 heterocycles. The smallest absolute Gasteiger partial charge is 0.434 e. The number of H-pyrrole nitrogens is 1. The molecular formula is C82H97N19O14. The van der Waals surface area contributed by atoms with E-state index in [0.29, 0.717) is 33.7 Å². The van der Waals surface area contributed by atoms with Crippen LogP contribution in [0, 0.1) is 16.2 Å². The minimum Gasteiger partial charge on any atom is -0.487 e. The molecule has 6 aliphatic rings. The molecule has 2 saturated heterocycles. The standard InChI is InChI=1S/C82H97N19O14/c1-46(84-9)69(102)90-66(80(3,4)5)76(108)98-33-31-64-65(98)73(106)86-60(39-50-19-25-52-15-11-13-17-54(52)35-50)72(105)89-63(78(110)111)38-49-23-29-59(30-24-49)114-44-57-42-101(97-93-57)82(45-83)32-34-99(77(109)67(81(6,7)8)91-70(103)47(2)85-10)68(82)74(107)87-61(40-51-20-26-53-16-12-14-18-55(53)36-51)71(104)88-62(75-94-95-79(112)115-75)37-48-21-27-58(28-22-48)113-43-56-41-100(64)96-92-56/h11-30,35-36,41-42,45-47,60-68,83-85H,31-34,37-40,43-44H2,1-10H3,(H,86,106)(H,87,107)(H,88,104)(H,89,105)(H,90,102)(H,91,103)(H,95,112)(H,110,111). The Morgan fingerprint density at radius 3 is 1.63 bits per heavy atom. The molecule has 2 fully saturated rings. The second kappa shape index (κ2) is 34.8. The second-order valence-electron chi connectivity index (χ2n) is 31.7. The molecule has 11 N–H and O–H groups in total. The van der Waals surface area contributed by atoms with Gasteiger partial charge in [-0.2, -0.15) is 0 Å². The number of aromatic amines is 1. The number of rotatable bonds is 15. The molecule has 12 atom stereocenters. The molecule has 604 valence electrons. The zero-order valence-corrected chi connectivity index (χ0v) is 65.6. The van der Waals surface area contributed by atoms with E-state index in [9.17, 15) is 29.7 Å². The van der Waals surface area contributed by atoms with Crippen LogP contribution in [0.4, 0.5) is 0 Å². The van der Waals surface area contributed by atoms with E-state index in [1.54, 1.807) is 130 Å². The predicted octanol–water partition coefficient (Wildman–Crippen LogP) is 4.06. The molecule has 0 aliphatic carbocycles. The van der Waals surface area contributed by atoms with E-state index in [0.717, 1.165) is 27.8 Å². The van der Waals surface area contributed by atoms with Gasteiger partial charge in [0.1, 0.15) is 90.0 Å². The Balaban J connectivity index is 0.916. The number of amides is 8. The van der Waals surface area contributed by atoms with Gasteiger partial charge in [0, 0.05) is 45.0 Å². The van der Waals surface area contributed by atoms with Gasteiger partial charge in [0.25, 0.3) is 0 Å². The van der Waals surface area contributed by atoms with Gasteiger partial charge >= 0.3 is 11.7 Å². The summed E-state index contributed by atoms with van der Waals surface area (Å²) in [6, 6.07) is 25.9. The Morgan fingerprint density at radius 1 is 0.609 bits per heavy atom. The first kappa shape index (κ1) is 82.0. The minimum atomic E-state index is -1.81. The van der Waals surface area contributed by atoms with Crippen LogP contribution in [0.15, 0.2) is 155 Å². The van der Waals surface area contributed by atoms with Gasteiger partial charge in [-0.05, 0) is 120 Å². The fourth-order valence-corrected chi connectivity index (χ4v) is 14.7. The van der Waals surface area contributed by atoms with Gasteiger partial charge in [0.2, 0.25) is 53.1 Å². The number of carbonyl (C=O) groups is 9. The van der Waals surface area contributed by atoms with Crippen LogP contribution in [0.25, 0.3) is 21.5 Å². The summed E-state index contributed by atoms with van der Waals surface area (Å²) in [4.78, 5) is 149. The van der Waals surface area contributed by atoms with E-state index in [-0.39, 0.29) is 82.2 Å². The normalized spacial score (nSPS) is 21.9. The van der Waals surface area contributed by atoms with Crippen LogP contribution in [0.1, 0.15) is 120 Å². The van der Waals surface area contributed by atoms with E-state index in [4.69, 9.17) is 13.9 Å². The molecule has 8 bridgehead atoms. The van der Waals surface area contributed by atoms with Gasteiger partial charge in [0.05, 0.1) is 30.5 Å². The monoisotopic (exact) mass is 1570 g/mol. The van der Waals surface area contributed by atoms with Crippen molar-refractivity contribution in [2.24, 2.45) is 10.8 Å². The summed E-state index contributed by atoms with van der Waals surface area (Å²) in [5.41, 5.74) is -0.892. The lowest BCUT2D eigenvalue weighted by atomic mass is 9.84. The van der Waals surface area contributed by atoms with E-state index in [1.165, 1.54) is 25.4 Å². The van der Waals surface area contributed by atoms with Gasteiger partial charge in [-0.1, -0.05) is 161 Å². The molecule has 9 aromatic rings. The number of benzene rings is 6. The molecule has 12 unspecified atom stereocenters. The molecule has 33 heteroatoms. The Morgan fingerprint density at radius 2 is 1.11 bits per heavy atom. The third-order valence-corrected chi connectivity index (χ3v) is 21.5. The van der Waals surface area contributed by atoms with Crippen molar-refractivity contribution in [1.29, 1.82) is 5.41 Å². The van der Waals surface area contributed by atoms with E-state index in [1.807, 2.05) is 78.9 Å². The lowest BCUT2D eigenvalue weighted by Crippen LogP contribution is -2.64. The first-order valence-electron chi connectivity index (χ1n) is 38.2. The topological polar surface area (TPSA) is 439 Å². The maximum absolute atomic E-state index is 16.0. The molecule has 6 aromatic carbocycles. The predicted molar refractivity (Wildman–Crippen MR) is 422 cm³/mol. The Labute approximate surface area is 662 Å². The molecular weight excluding hydrogens is 1480 g/mol. The van der Waals surface area contributed by atoms with Crippen molar-refractivity contribution in [3.8, 4) is 11.5 Å². The lowest BCUT2D eigenvalue weighted by molar-refractivity contribution is -0.145. The van der Waals surface area contributed by atoms with Gasteiger partial charge in [0.15, 0.2) is 0 Å². The molecule has 0 radical (unpaired) electrons. The van der Waals surface area contributed by atoms with Crippen LogP contribution in [0.5, 0.6) is 11.5 Å². The number of ether oxygens (including phenoxy) is 2. The van der Waals surface area contributed by atoms with Gasteiger partial charge in [-0.3, -0.25) is 38.4 Å². The van der Waals surface area contributed by atoms with Crippen molar-refractivity contribution in [3.63, 3.8) is 0 Å². The number of aliphatic carboxylic acids is 1. The zero-order chi connectivity index (χ0) is 82.2. The maximum atomic E-state index is 16.0. The largest absolute Gasteiger partial charge is 0.487 e. The highest BCUT2D eigenvalue weighted by molar-refractivity contribution is 6.00. The van der Waals surface area contributed by atoms with E-state index in [2.05, 4.69) is 73.4 Å². The summed E-state index contributed by atoms with van der Waals surface area (Å²) < 4.78 is 20.8. The molecule has 115 heavy (non-hydrogen) atoms. The number of hydrogen-bond acceptors (Lipinski definition) is 21. The van der Waals surface area contributed by atoms with Gasteiger partial charge in [-0.25, -0.2) is 24.1 Å². The van der Waals surface area contributed by atoms with Crippen LogP contribution >= 0.6 is 0 Å². The summed E-state index contributed by atoms with van der Waals surface area (Å²) in [6.07, 6.45) is 3.54. The Bertz CT molecular complexity index is 5140. The van der Waals surface area contributed by atoms with Gasteiger partial charge in [-0.15, -0.1) is 15.3 Å². The number of hydrogen-bond donors (Lipinski definition) is 11. The Hall–Kier alpha value is -12.5. The number of aromatic nitrogens is 8. The number of carboxylic acids is 1. The number of fused-ring (bicyclic) bond motifs is 2. The van der Waals surface area contributed by atoms with E-state index >= 15 is 28.8 Å². The molecule has 0 saturated carbocycles. The number of nitrogens with one attached hydrogen (secondary N) is 10. The molecule has 8 amide bonds. The van der Waals surface area contributed by atoms with Crippen molar-refractivity contribution >= 4 is 81.0 Å². The molecule has 33 nitrogen and oxygen atoms in total. The van der Waals surface area contributed by atoms with Crippen LogP contribution in [0.3, 0.4) is 0 Å². The fourth-order valence-electron chi connectivity index (χ4n) is 14.7.